The van der Waals surface area contributed by atoms with Crippen LogP contribution in [0.4, 0.5) is 5.69 Å². The normalized spacial score (nSPS) is 14.7. The van der Waals surface area contributed by atoms with Crippen molar-refractivity contribution in [1.82, 2.24) is 4.72 Å². The highest BCUT2D eigenvalue weighted by atomic mass is 35.5. The van der Waals surface area contributed by atoms with Crippen LogP contribution >= 0.6 is 23.4 Å². The highest BCUT2D eigenvalue weighted by Crippen LogP contribution is 2.29. The van der Waals surface area contributed by atoms with Crippen LogP contribution in [0.1, 0.15) is 25.7 Å². The number of carbonyl (C=O) groups is 1. The van der Waals surface area contributed by atoms with Gasteiger partial charge in [0.2, 0.25) is 10.0 Å². The Morgan fingerprint density at radius 3 is 2.62 bits per heavy atom. The maximum absolute atomic E-state index is 12.5. The number of hydrogen-bond acceptors (Lipinski definition) is 5. The van der Waals surface area contributed by atoms with Gasteiger partial charge in [-0.05, 0) is 49.4 Å². The van der Waals surface area contributed by atoms with Crippen LogP contribution in [0.5, 0.6) is 5.75 Å². The van der Waals surface area contributed by atoms with Gasteiger partial charge in [0.15, 0.2) is 6.61 Å². The van der Waals surface area contributed by atoms with E-state index in [0.717, 1.165) is 30.6 Å². The molecule has 9 heteroatoms. The van der Waals surface area contributed by atoms with Crippen LogP contribution in [0.15, 0.2) is 52.3 Å². The number of ether oxygens (including phenoxy) is 1. The van der Waals surface area contributed by atoms with Crippen molar-refractivity contribution in [3.05, 3.63) is 47.5 Å². The van der Waals surface area contributed by atoms with Crippen LogP contribution in [0.2, 0.25) is 5.02 Å². The van der Waals surface area contributed by atoms with E-state index in [4.69, 9.17) is 16.3 Å². The number of amides is 1. The quantitative estimate of drug-likeness (QED) is 0.581. The summed E-state index contributed by atoms with van der Waals surface area (Å²) < 4.78 is 33.2. The summed E-state index contributed by atoms with van der Waals surface area (Å²) in [5.74, 6) is -0.0815. The number of sulfonamides is 1. The van der Waals surface area contributed by atoms with Gasteiger partial charge in [-0.25, -0.2) is 13.1 Å². The minimum atomic E-state index is -3.63. The fourth-order valence-corrected chi connectivity index (χ4v) is 5.36. The smallest absolute Gasteiger partial charge is 0.262 e. The highest BCUT2D eigenvalue weighted by Gasteiger charge is 2.23. The first-order valence-electron chi connectivity index (χ1n) is 9.26. The predicted octanol–water partition coefficient (Wildman–Crippen LogP) is 4.30. The molecule has 2 aromatic carbocycles. The Morgan fingerprint density at radius 2 is 1.93 bits per heavy atom. The number of rotatable bonds is 8. The molecule has 0 aromatic heterocycles. The fraction of sp³-hybridized carbons (Fsp3) is 0.350. The second kappa shape index (κ2) is 9.84. The van der Waals surface area contributed by atoms with Crippen LogP contribution in [0, 0.1) is 0 Å². The maximum Gasteiger partial charge on any atom is 0.262 e. The molecule has 6 nitrogen and oxygen atoms in total. The molecule has 156 valence electrons. The second-order valence-electron chi connectivity index (χ2n) is 6.73. The molecule has 2 N–H and O–H groups in total. The summed E-state index contributed by atoms with van der Waals surface area (Å²) in [6, 6.07) is 11.7. The molecule has 1 amide bonds. The molecule has 0 saturated heterocycles. The minimum absolute atomic E-state index is 0.0254. The van der Waals surface area contributed by atoms with E-state index in [-0.39, 0.29) is 34.2 Å². The number of thioether (sulfide) groups is 1. The van der Waals surface area contributed by atoms with Crippen LogP contribution in [-0.2, 0) is 14.8 Å². The number of para-hydroxylation sites is 1. The lowest BCUT2D eigenvalue weighted by Crippen LogP contribution is -2.32. The van der Waals surface area contributed by atoms with Crippen LogP contribution < -0.4 is 14.8 Å². The van der Waals surface area contributed by atoms with Gasteiger partial charge in [-0.15, -0.1) is 11.8 Å². The van der Waals surface area contributed by atoms with E-state index >= 15 is 0 Å². The molecule has 0 aliphatic heterocycles. The molecular formula is C20H23ClN2O4S2. The van der Waals surface area contributed by atoms with E-state index in [9.17, 15) is 13.2 Å². The zero-order valence-corrected chi connectivity index (χ0v) is 18.4. The van der Waals surface area contributed by atoms with Gasteiger partial charge in [0.05, 0.1) is 15.6 Å². The average Bonchev–Trinajstić information content (AvgIpc) is 3.19. The van der Waals surface area contributed by atoms with E-state index in [1.54, 1.807) is 0 Å². The molecule has 1 fully saturated rings. The highest BCUT2D eigenvalue weighted by molar-refractivity contribution is 7.98. The summed E-state index contributed by atoms with van der Waals surface area (Å²) in [6.45, 7) is -0.241. The summed E-state index contributed by atoms with van der Waals surface area (Å²) in [7, 11) is -3.63. The molecule has 1 saturated carbocycles. The van der Waals surface area contributed by atoms with E-state index in [2.05, 4.69) is 10.0 Å². The molecule has 0 heterocycles. The Morgan fingerprint density at radius 1 is 1.21 bits per heavy atom. The minimum Gasteiger partial charge on any atom is -0.482 e. The third kappa shape index (κ3) is 5.88. The monoisotopic (exact) mass is 454 g/mol. The number of nitrogens with one attached hydrogen (secondary N) is 2. The van der Waals surface area contributed by atoms with Crippen LogP contribution in [0.25, 0.3) is 0 Å². The largest absolute Gasteiger partial charge is 0.482 e. The van der Waals surface area contributed by atoms with Crippen molar-refractivity contribution in [3.63, 3.8) is 0 Å². The zero-order valence-electron chi connectivity index (χ0n) is 16.0. The summed E-state index contributed by atoms with van der Waals surface area (Å²) >= 11 is 7.72. The van der Waals surface area contributed by atoms with Crippen molar-refractivity contribution >= 4 is 45.0 Å². The first-order valence-corrected chi connectivity index (χ1v) is 12.3. The Labute approximate surface area is 180 Å². The molecule has 0 atom stereocenters. The molecule has 0 spiro atoms. The Bertz CT molecular complexity index is 976. The molecule has 3 rings (SSSR count). The maximum atomic E-state index is 12.5. The van der Waals surface area contributed by atoms with Crippen LogP contribution in [-0.4, -0.2) is 33.2 Å². The molecule has 0 bridgehead atoms. The van der Waals surface area contributed by atoms with Gasteiger partial charge in [-0.2, -0.15) is 0 Å². The van der Waals surface area contributed by atoms with Crippen molar-refractivity contribution in [1.29, 1.82) is 0 Å². The van der Waals surface area contributed by atoms with Gasteiger partial charge < -0.3 is 10.1 Å². The Kier molecular flexibility index (Phi) is 7.45. The lowest BCUT2D eigenvalue weighted by Gasteiger charge is -2.14. The summed E-state index contributed by atoms with van der Waals surface area (Å²) in [4.78, 5) is 13.2. The van der Waals surface area contributed by atoms with Gasteiger partial charge in [-0.1, -0.05) is 36.6 Å². The number of hydrogen-bond donors (Lipinski definition) is 2. The molecule has 0 unspecified atom stereocenters. The first-order chi connectivity index (χ1) is 13.9. The molecule has 1 aliphatic rings. The van der Waals surface area contributed by atoms with E-state index in [1.165, 1.54) is 30.0 Å². The topological polar surface area (TPSA) is 84.5 Å². The van der Waals surface area contributed by atoms with Gasteiger partial charge in [0, 0.05) is 10.9 Å². The molecule has 29 heavy (non-hydrogen) atoms. The summed E-state index contributed by atoms with van der Waals surface area (Å²) in [5.41, 5.74) is 0.708. The Balaban J connectivity index is 1.61. The van der Waals surface area contributed by atoms with Gasteiger partial charge in [0.1, 0.15) is 5.75 Å². The lowest BCUT2D eigenvalue weighted by atomic mass is 10.3. The van der Waals surface area contributed by atoms with Crippen molar-refractivity contribution in [2.75, 3.05) is 18.2 Å². The Hall–Kier alpha value is -1.74. The molecular weight excluding hydrogens is 432 g/mol. The van der Waals surface area contributed by atoms with Gasteiger partial charge in [0.25, 0.3) is 5.91 Å². The number of carbonyl (C=O) groups excluding carboxylic acids is 1. The average molecular weight is 455 g/mol. The molecule has 0 radical (unpaired) electrons. The van der Waals surface area contributed by atoms with Crippen molar-refractivity contribution < 1.29 is 17.9 Å². The number of halogens is 1. The van der Waals surface area contributed by atoms with Gasteiger partial charge in [-0.3, -0.25) is 4.79 Å². The zero-order chi connectivity index (χ0) is 20.9. The summed E-state index contributed by atoms with van der Waals surface area (Å²) in [6.07, 6.45) is 5.69. The van der Waals surface area contributed by atoms with Crippen molar-refractivity contribution in [3.8, 4) is 5.75 Å². The first kappa shape index (κ1) is 22.0. The van der Waals surface area contributed by atoms with Crippen LogP contribution in [0.3, 0.4) is 0 Å². The number of benzene rings is 2. The third-order valence-electron chi connectivity index (χ3n) is 4.63. The second-order valence-corrected chi connectivity index (χ2v) is 9.70. The van der Waals surface area contributed by atoms with Crippen molar-refractivity contribution in [2.24, 2.45) is 0 Å². The molecule has 1 aliphatic carbocycles. The third-order valence-corrected chi connectivity index (χ3v) is 7.24. The fourth-order valence-electron chi connectivity index (χ4n) is 3.17. The lowest BCUT2D eigenvalue weighted by molar-refractivity contribution is -0.118. The van der Waals surface area contributed by atoms with Gasteiger partial charge >= 0.3 is 0 Å². The summed E-state index contributed by atoms with van der Waals surface area (Å²) in [5, 5.41) is 2.93. The van der Waals surface area contributed by atoms with E-state index in [0.29, 0.717) is 5.69 Å². The predicted molar refractivity (Wildman–Crippen MR) is 116 cm³/mol. The molecule has 2 aromatic rings. The van der Waals surface area contributed by atoms with E-state index in [1.807, 2.05) is 30.5 Å². The number of anilines is 1. The standard InChI is InChI=1S/C20H23ClN2O4S2/c1-28-19-9-5-4-8-17(19)22-20(24)13-27-18-11-10-15(12-16(18)21)29(25,26)23-14-6-2-3-7-14/h4-5,8-12,14,23H,2-3,6-7,13H2,1H3,(H,22,24). The van der Waals surface area contributed by atoms with Crippen molar-refractivity contribution in [2.45, 2.75) is 41.5 Å². The SMILES string of the molecule is CSc1ccccc1NC(=O)COc1ccc(S(=O)(=O)NC2CCCC2)cc1Cl. The van der Waals surface area contributed by atoms with E-state index < -0.39 is 10.0 Å².